The number of rotatable bonds is 18. The highest BCUT2D eigenvalue weighted by atomic mass is 16.6. The van der Waals surface area contributed by atoms with Gasteiger partial charge >= 0.3 is 29.8 Å². The highest BCUT2D eigenvalue weighted by Gasteiger charge is 2.33. The van der Waals surface area contributed by atoms with Crippen LogP contribution in [0.5, 0.6) is 0 Å². The van der Waals surface area contributed by atoms with Gasteiger partial charge in [0.25, 0.3) is 0 Å². The lowest BCUT2D eigenvalue weighted by Crippen LogP contribution is -2.36. The molecule has 10 heteroatoms. The molecule has 0 aliphatic rings. The molecule has 0 heterocycles. The zero-order valence-corrected chi connectivity index (χ0v) is 30.8. The zero-order chi connectivity index (χ0) is 38.9. The normalized spacial score (nSPS) is 13.2. The van der Waals surface area contributed by atoms with Crippen LogP contribution in [0.3, 0.4) is 0 Å². The summed E-state index contributed by atoms with van der Waals surface area (Å²) in [6.45, 7) is 8.56. The molecule has 54 heavy (non-hydrogen) atoms. The fourth-order valence-electron chi connectivity index (χ4n) is 5.35. The minimum absolute atomic E-state index is 0.00995. The Bertz CT molecular complexity index is 1820. The summed E-state index contributed by atoms with van der Waals surface area (Å²) in [6.07, 6.45) is -2.30. The summed E-state index contributed by atoms with van der Waals surface area (Å²) in [4.78, 5) is 66.2. The molecular formula is C44H46O10. The summed E-state index contributed by atoms with van der Waals surface area (Å²) in [6, 6.07) is 33.4. The molecule has 0 fully saturated rings. The van der Waals surface area contributed by atoms with Crippen molar-refractivity contribution in [1.82, 2.24) is 0 Å². The van der Waals surface area contributed by atoms with Crippen LogP contribution in [-0.2, 0) is 28.5 Å². The van der Waals surface area contributed by atoms with Crippen LogP contribution in [0.15, 0.2) is 134 Å². The van der Waals surface area contributed by atoms with E-state index in [0.29, 0.717) is 5.56 Å². The first-order valence-electron chi connectivity index (χ1n) is 17.7. The zero-order valence-electron chi connectivity index (χ0n) is 30.8. The second-order valence-electron chi connectivity index (χ2n) is 13.7. The Kier molecular flexibility index (Phi) is 15.3. The van der Waals surface area contributed by atoms with Gasteiger partial charge in [0.2, 0.25) is 0 Å². The van der Waals surface area contributed by atoms with Gasteiger partial charge < -0.3 is 23.7 Å². The third kappa shape index (κ3) is 13.2. The Labute approximate surface area is 316 Å². The monoisotopic (exact) mass is 734 g/mol. The summed E-state index contributed by atoms with van der Waals surface area (Å²) in [5.41, 5.74) is 0.308. The smallest absolute Gasteiger partial charge is 0.338 e. The number of hydrogen-bond acceptors (Lipinski definition) is 10. The average molecular weight is 735 g/mol. The minimum atomic E-state index is -1.08. The van der Waals surface area contributed by atoms with E-state index in [0.717, 1.165) is 0 Å². The number of hydrogen-bond donors (Lipinski definition) is 0. The summed E-state index contributed by atoms with van der Waals surface area (Å²) in [7, 11) is 0. The highest BCUT2D eigenvalue weighted by Crippen LogP contribution is 2.25. The fraction of sp³-hybridized carbons (Fsp3) is 0.295. The van der Waals surface area contributed by atoms with Crippen LogP contribution in [0.25, 0.3) is 0 Å². The van der Waals surface area contributed by atoms with Gasteiger partial charge in [-0.1, -0.05) is 78.9 Å². The van der Waals surface area contributed by atoms with Gasteiger partial charge in [-0.3, -0.25) is 4.79 Å². The van der Waals surface area contributed by atoms with Crippen molar-refractivity contribution in [3.8, 4) is 0 Å². The van der Waals surface area contributed by atoms with Crippen molar-refractivity contribution in [3.05, 3.63) is 156 Å². The summed E-state index contributed by atoms with van der Waals surface area (Å²) < 4.78 is 29.4. The van der Waals surface area contributed by atoms with Gasteiger partial charge in [-0.2, -0.15) is 0 Å². The third-order valence-electron chi connectivity index (χ3n) is 8.15. The van der Waals surface area contributed by atoms with Gasteiger partial charge in [0.1, 0.15) is 31.0 Å². The van der Waals surface area contributed by atoms with Gasteiger partial charge in [-0.15, -0.1) is 6.58 Å². The SMILES string of the molecule is C=CC[C@@H](C[C@@H](C[C@H](C[C@@H](COC(=O)C(C)(C)C)OC(=O)c1ccccc1)OC(=O)c1ccccc1)OC(=O)c1ccccc1)OC(=O)c1ccccc1. The van der Waals surface area contributed by atoms with Gasteiger partial charge in [-0.05, 0) is 69.3 Å². The molecule has 0 aromatic heterocycles. The lowest BCUT2D eigenvalue weighted by Gasteiger charge is -2.29. The standard InChI is InChI=1S/C44H46O10/c1-5-18-35(51-39(45)31-19-10-6-11-20-31)27-36(52-40(46)32-21-12-7-13-22-32)28-37(53-41(47)33-23-14-8-15-24-33)29-38(30-50-43(49)44(2,3)4)54-42(48)34-25-16-9-17-26-34/h5-17,19-26,35-38H,1,18,27-30H2,2-4H3/t35-,36-,37+,38-/m0/s1. The Balaban J connectivity index is 1.67. The molecule has 0 saturated heterocycles. The van der Waals surface area contributed by atoms with Crippen LogP contribution in [0.2, 0.25) is 0 Å². The molecule has 0 bridgehead atoms. The molecule has 0 spiro atoms. The summed E-state index contributed by atoms with van der Waals surface area (Å²) in [5, 5.41) is 0. The summed E-state index contributed by atoms with van der Waals surface area (Å²) >= 11 is 0. The lowest BCUT2D eigenvalue weighted by atomic mass is 9.97. The molecular weight excluding hydrogens is 688 g/mol. The van der Waals surface area contributed by atoms with E-state index < -0.39 is 59.7 Å². The fourth-order valence-corrected chi connectivity index (χ4v) is 5.35. The number of benzene rings is 4. The number of esters is 5. The van der Waals surface area contributed by atoms with Crippen molar-refractivity contribution < 1.29 is 47.7 Å². The molecule has 4 atom stereocenters. The van der Waals surface area contributed by atoms with Crippen LogP contribution >= 0.6 is 0 Å². The molecule has 0 saturated carbocycles. The first kappa shape index (κ1) is 40.7. The molecule has 282 valence electrons. The first-order valence-corrected chi connectivity index (χ1v) is 17.7. The van der Waals surface area contributed by atoms with Crippen molar-refractivity contribution in [2.75, 3.05) is 6.61 Å². The van der Waals surface area contributed by atoms with Crippen LogP contribution in [0.1, 0.15) is 87.9 Å². The predicted molar refractivity (Wildman–Crippen MR) is 202 cm³/mol. The maximum atomic E-state index is 13.5. The van der Waals surface area contributed by atoms with Crippen LogP contribution in [0.4, 0.5) is 0 Å². The van der Waals surface area contributed by atoms with Crippen LogP contribution in [-0.4, -0.2) is 60.9 Å². The van der Waals surface area contributed by atoms with Crippen molar-refractivity contribution in [3.63, 3.8) is 0 Å². The van der Waals surface area contributed by atoms with Gasteiger partial charge in [0, 0.05) is 25.7 Å². The van der Waals surface area contributed by atoms with E-state index in [1.807, 2.05) is 0 Å². The van der Waals surface area contributed by atoms with Gasteiger partial charge in [-0.25, -0.2) is 19.2 Å². The molecule has 0 aliphatic carbocycles. The molecule has 4 aromatic rings. The van der Waals surface area contributed by atoms with Crippen LogP contribution < -0.4 is 0 Å². The topological polar surface area (TPSA) is 132 Å². The van der Waals surface area contributed by atoms with Crippen LogP contribution in [0, 0.1) is 5.41 Å². The first-order chi connectivity index (χ1) is 25.9. The van der Waals surface area contributed by atoms with Crippen molar-refractivity contribution in [2.45, 2.75) is 70.9 Å². The summed E-state index contributed by atoms with van der Waals surface area (Å²) in [5.74, 6) is -3.09. The molecule has 10 nitrogen and oxygen atoms in total. The minimum Gasteiger partial charge on any atom is -0.461 e. The van der Waals surface area contributed by atoms with E-state index in [1.54, 1.807) is 148 Å². The molecule has 0 aliphatic heterocycles. The van der Waals surface area contributed by atoms with E-state index in [9.17, 15) is 24.0 Å². The van der Waals surface area contributed by atoms with E-state index in [-0.39, 0.29) is 49.0 Å². The van der Waals surface area contributed by atoms with Gasteiger partial charge in [0.15, 0.2) is 0 Å². The van der Waals surface area contributed by atoms with E-state index in [2.05, 4.69) is 6.58 Å². The molecule has 4 rings (SSSR count). The Morgan fingerprint density at radius 1 is 0.500 bits per heavy atom. The number of carbonyl (C=O) groups is 5. The molecule has 0 N–H and O–H groups in total. The Morgan fingerprint density at radius 3 is 1.13 bits per heavy atom. The highest BCUT2D eigenvalue weighted by molar-refractivity contribution is 5.91. The Morgan fingerprint density at radius 2 is 0.796 bits per heavy atom. The molecule has 4 aromatic carbocycles. The van der Waals surface area contributed by atoms with E-state index in [1.165, 1.54) is 0 Å². The van der Waals surface area contributed by atoms with Gasteiger partial charge in [0.05, 0.1) is 27.7 Å². The largest absolute Gasteiger partial charge is 0.461 e. The quantitative estimate of drug-likeness (QED) is 0.0560. The second-order valence-corrected chi connectivity index (χ2v) is 13.7. The number of carbonyl (C=O) groups excluding carboxylic acids is 5. The molecule has 0 amide bonds. The van der Waals surface area contributed by atoms with Crippen molar-refractivity contribution >= 4 is 29.8 Å². The van der Waals surface area contributed by atoms with E-state index >= 15 is 0 Å². The average Bonchev–Trinajstić information content (AvgIpc) is 3.17. The third-order valence-corrected chi connectivity index (χ3v) is 8.15. The predicted octanol–water partition coefficient (Wildman–Crippen LogP) is 8.22. The second kappa shape index (κ2) is 20.3. The maximum absolute atomic E-state index is 13.5. The molecule has 0 radical (unpaired) electrons. The van der Waals surface area contributed by atoms with Crippen molar-refractivity contribution in [2.24, 2.45) is 5.41 Å². The Hall–Kier alpha value is -6.03. The maximum Gasteiger partial charge on any atom is 0.338 e. The lowest BCUT2D eigenvalue weighted by molar-refractivity contribution is -0.156. The molecule has 0 unspecified atom stereocenters. The number of ether oxygens (including phenoxy) is 5. The van der Waals surface area contributed by atoms with Crippen molar-refractivity contribution in [1.29, 1.82) is 0 Å². The van der Waals surface area contributed by atoms with E-state index in [4.69, 9.17) is 23.7 Å².